The molecule has 0 aliphatic heterocycles. The highest BCUT2D eigenvalue weighted by Gasteiger charge is 2.25. The lowest BCUT2D eigenvalue weighted by atomic mass is 10.0. The summed E-state index contributed by atoms with van der Waals surface area (Å²) in [5, 5.41) is 14.6. The first-order chi connectivity index (χ1) is 68.4. The van der Waals surface area contributed by atoms with Crippen LogP contribution < -0.4 is 0 Å². The van der Waals surface area contributed by atoms with Gasteiger partial charge in [-0.15, -0.1) is 34.0 Å². The minimum atomic E-state index is 0.614. The highest BCUT2D eigenvalue weighted by molar-refractivity contribution is 7.26. The Balaban J connectivity index is 0.000000108. The highest BCUT2D eigenvalue weighted by Crippen LogP contribution is 2.45. The van der Waals surface area contributed by atoms with E-state index in [0.29, 0.717) is 52.5 Å². The van der Waals surface area contributed by atoms with Crippen molar-refractivity contribution in [1.82, 2.24) is 58.6 Å². The van der Waals surface area contributed by atoms with Crippen LogP contribution in [-0.2, 0) is 0 Å². The fraction of sp³-hybridized carbons (Fsp3) is 0. The molecule has 12 nitrogen and oxygen atoms in total. The molecule has 19 aromatic carbocycles. The van der Waals surface area contributed by atoms with Crippen LogP contribution in [0.4, 0.5) is 0 Å². The zero-order valence-electron chi connectivity index (χ0n) is 74.0. The van der Waals surface area contributed by atoms with Gasteiger partial charge in [0.2, 0.25) is 5.95 Å². The van der Waals surface area contributed by atoms with E-state index in [1.807, 2.05) is 53.8 Å². The fourth-order valence-corrected chi connectivity index (χ4v) is 22.8. The number of hydrogen-bond acceptors (Lipinski definition) is 12. The second-order valence-corrected chi connectivity index (χ2v) is 37.5. The highest BCUT2D eigenvalue weighted by atomic mass is 32.1. The van der Waals surface area contributed by atoms with Crippen LogP contribution in [0.3, 0.4) is 0 Å². The van der Waals surface area contributed by atoms with Gasteiger partial charge in [-0.3, -0.25) is 4.57 Å². The van der Waals surface area contributed by atoms with E-state index >= 15 is 0 Å². The zero-order chi connectivity index (χ0) is 91.1. The second kappa shape index (κ2) is 34.4. The molecule has 0 unspecified atom stereocenters. The number of aromatic nitrogens is 12. The molecule has 138 heavy (non-hydrogen) atoms. The summed E-state index contributed by atoms with van der Waals surface area (Å²) in [7, 11) is 0. The van der Waals surface area contributed by atoms with Gasteiger partial charge in [0.25, 0.3) is 0 Å². The molecule has 28 rings (SSSR count). The molecular formula is C123H76N12S3. The van der Waals surface area contributed by atoms with Gasteiger partial charge in [0.1, 0.15) is 0 Å². The first kappa shape index (κ1) is 81.1. The minimum absolute atomic E-state index is 0.614. The topological polar surface area (TPSA) is 131 Å². The van der Waals surface area contributed by atoms with Gasteiger partial charge >= 0.3 is 0 Å². The lowest BCUT2D eigenvalue weighted by molar-refractivity contribution is 0.954. The van der Waals surface area contributed by atoms with Crippen LogP contribution in [0.15, 0.2) is 461 Å². The Morgan fingerprint density at radius 1 is 0.145 bits per heavy atom. The molecule has 0 amide bonds. The van der Waals surface area contributed by atoms with Crippen LogP contribution in [0.1, 0.15) is 0 Å². The van der Waals surface area contributed by atoms with Crippen molar-refractivity contribution in [3.05, 3.63) is 461 Å². The Morgan fingerprint density at radius 3 is 0.899 bits per heavy atom. The number of thiophene rings is 3. The predicted molar refractivity (Wildman–Crippen MR) is 576 cm³/mol. The van der Waals surface area contributed by atoms with Crippen LogP contribution >= 0.6 is 34.0 Å². The van der Waals surface area contributed by atoms with Gasteiger partial charge in [0.15, 0.2) is 46.6 Å². The van der Waals surface area contributed by atoms with Crippen molar-refractivity contribution >= 4 is 160 Å². The fourth-order valence-electron chi connectivity index (χ4n) is 19.5. The van der Waals surface area contributed by atoms with E-state index in [-0.39, 0.29) is 0 Å². The van der Waals surface area contributed by atoms with Crippen molar-refractivity contribution < 1.29 is 0 Å². The molecule has 0 fully saturated rings. The van der Waals surface area contributed by atoms with Crippen LogP contribution in [0.2, 0.25) is 0 Å². The van der Waals surface area contributed by atoms with E-state index in [1.54, 1.807) is 22.7 Å². The summed E-state index contributed by atoms with van der Waals surface area (Å²) in [6, 6.07) is 161. The molecule has 9 aromatic heterocycles. The Hall–Kier alpha value is -17.7. The minimum Gasteiger partial charge on any atom is -0.309 e. The maximum atomic E-state index is 5.26. The summed E-state index contributed by atoms with van der Waals surface area (Å²) >= 11 is 5.41. The van der Waals surface area contributed by atoms with Gasteiger partial charge in [-0.25, -0.2) is 34.9 Å². The van der Waals surface area contributed by atoms with Crippen LogP contribution in [-0.4, -0.2) is 58.6 Å². The van der Waals surface area contributed by atoms with E-state index in [1.165, 1.54) is 98.6 Å². The molecule has 0 spiro atoms. The number of fused-ring (bicyclic) bond motifs is 18. The van der Waals surface area contributed by atoms with Crippen molar-refractivity contribution in [2.45, 2.75) is 0 Å². The monoisotopic (exact) mass is 1820 g/mol. The van der Waals surface area contributed by atoms with E-state index < -0.39 is 0 Å². The molecule has 0 aliphatic carbocycles. The largest absolute Gasteiger partial charge is 0.309 e. The average Bonchev–Trinajstić information content (AvgIpc) is 1.58. The molecule has 9 heterocycles. The van der Waals surface area contributed by atoms with E-state index in [2.05, 4.69) is 432 Å². The quantitative estimate of drug-likeness (QED) is 0.111. The Bertz CT molecular complexity index is 9540. The normalized spacial score (nSPS) is 11.6. The molecule has 15 heteroatoms. The predicted octanol–water partition coefficient (Wildman–Crippen LogP) is 32.7. The SMILES string of the molecule is c1ccc(-c2ccc(-c3nc(-c4ccc5c(c4)sc4ccccc45)nc(-c4ccc5c6ccccc6n(-c6ccccc6)c5c4)n3)cc2)cc1.c1ccc(-c2ccc(-c3nc(-c4ccc5sc6ccccc6c5c4)nc(-c4cccc5c6ccccc6n(-c6ccccc6)c45)n3)cc2)cc1.c1ccc(-c2nc(-c3ccc4c(c3)sc3ccccc34)nc(-n3c4ccccc4c4ccccc43)n2)cc1. The standard InChI is InChI=1S/2C45H28N4S.C33H20N4S/c1-3-12-29(13-4-1)30-22-24-31(25-23-30)43-46-44(32-26-27-41-38(28-32)35-17-8-10-21-40(35)50-41)48-45(47-43)37-19-11-18-36-34-16-7-9-20-39(34)49(42(36)37)33-14-5-2-6-15-33;1-3-11-29(12-4-1)30-19-21-31(22-20-30)43-46-44(48-45(47-43)33-24-26-38-37-16-8-10-18-41(37)50-42(38)28-33)32-23-25-36-35-15-7-9-17-39(35)49(40(36)27-32)34-13-5-2-6-14-34;1-2-10-21(11-3-1)31-34-32(22-18-19-26-25-14-6-9-17-29(25)38-30(26)20-22)36-33(35-31)37-27-15-7-4-12-23(27)24-13-5-8-16-28(24)37/h2*1-28H;1-20H. The molecule has 0 radical (unpaired) electrons. The second-order valence-electron chi connectivity index (χ2n) is 34.3. The summed E-state index contributed by atoms with van der Waals surface area (Å²) in [4.78, 5) is 46.1. The summed E-state index contributed by atoms with van der Waals surface area (Å²) in [5.41, 5.74) is 21.1. The van der Waals surface area contributed by atoms with Gasteiger partial charge in [-0.2, -0.15) is 9.97 Å². The maximum absolute atomic E-state index is 5.26. The molecule has 646 valence electrons. The summed E-state index contributed by atoms with van der Waals surface area (Å²) < 4.78 is 14.3. The van der Waals surface area contributed by atoms with E-state index in [4.69, 9.17) is 44.9 Å². The Kier molecular flexibility index (Phi) is 20.2. The van der Waals surface area contributed by atoms with Gasteiger partial charge < -0.3 is 9.13 Å². The first-order valence-electron chi connectivity index (χ1n) is 45.9. The molecule has 0 atom stereocenters. The summed E-state index contributed by atoms with van der Waals surface area (Å²) in [5.74, 6) is 5.79. The van der Waals surface area contributed by atoms with Gasteiger partial charge in [0, 0.05) is 149 Å². The van der Waals surface area contributed by atoms with Crippen molar-refractivity contribution in [2.24, 2.45) is 0 Å². The first-order valence-corrected chi connectivity index (χ1v) is 48.4. The molecule has 0 saturated carbocycles. The number of nitrogens with zero attached hydrogens (tertiary/aromatic N) is 12. The third-order valence-electron chi connectivity index (χ3n) is 26.0. The van der Waals surface area contributed by atoms with Gasteiger partial charge in [-0.1, -0.05) is 352 Å². The van der Waals surface area contributed by atoms with Crippen LogP contribution in [0.25, 0.3) is 257 Å². The Labute approximate surface area is 804 Å². The zero-order valence-corrected chi connectivity index (χ0v) is 76.4. The third kappa shape index (κ3) is 14.6. The van der Waals surface area contributed by atoms with Crippen molar-refractivity contribution in [2.75, 3.05) is 0 Å². The molecule has 0 aliphatic rings. The molecular weight excluding hydrogens is 1740 g/mol. The van der Waals surface area contributed by atoms with Crippen LogP contribution in [0.5, 0.6) is 0 Å². The van der Waals surface area contributed by atoms with Crippen LogP contribution in [0, 0.1) is 0 Å². The molecule has 0 bridgehead atoms. The smallest absolute Gasteiger partial charge is 0.238 e. The average molecular weight is 1820 g/mol. The van der Waals surface area contributed by atoms with E-state index in [9.17, 15) is 0 Å². The third-order valence-corrected chi connectivity index (χ3v) is 29.4. The number of benzene rings is 19. The van der Waals surface area contributed by atoms with Crippen molar-refractivity contribution in [1.29, 1.82) is 0 Å². The Morgan fingerprint density at radius 2 is 0.420 bits per heavy atom. The number of para-hydroxylation sites is 7. The summed E-state index contributed by atoms with van der Waals surface area (Å²) in [6.07, 6.45) is 0. The number of hydrogen-bond donors (Lipinski definition) is 0. The van der Waals surface area contributed by atoms with Crippen molar-refractivity contribution in [3.63, 3.8) is 0 Å². The lowest BCUT2D eigenvalue weighted by Gasteiger charge is -2.13. The van der Waals surface area contributed by atoms with Gasteiger partial charge in [0.05, 0.1) is 33.1 Å². The summed E-state index contributed by atoms with van der Waals surface area (Å²) in [6.45, 7) is 0. The van der Waals surface area contributed by atoms with E-state index in [0.717, 1.165) is 105 Å². The van der Waals surface area contributed by atoms with Crippen molar-refractivity contribution in [3.8, 4) is 131 Å². The molecule has 0 saturated heterocycles. The lowest BCUT2D eigenvalue weighted by Crippen LogP contribution is -2.06. The molecule has 28 aromatic rings. The number of rotatable bonds is 13. The molecule has 0 N–H and O–H groups in total. The van der Waals surface area contributed by atoms with Gasteiger partial charge in [-0.05, 0) is 131 Å². The maximum Gasteiger partial charge on any atom is 0.238 e.